The van der Waals surface area contributed by atoms with Crippen LogP contribution in [0.5, 0.6) is 0 Å². The number of halogens is 1. The lowest BCUT2D eigenvalue weighted by Gasteiger charge is -2.16. The van der Waals surface area contributed by atoms with Gasteiger partial charge < -0.3 is 15.1 Å². The standard InChI is InChI=1S/C17H23N3O.HI/c1-18-17(20-14-7-3-4-8-14)19-11-10-15-12-13-6-2-5-9-16(13)21-15;/h2,5-6,9,12,14H,3-4,7-8,10-11H2,1H3,(H2,18,19,20);1H. The Morgan fingerprint density at radius 1 is 1.27 bits per heavy atom. The average Bonchev–Trinajstić information content (AvgIpc) is 3.14. The molecule has 1 saturated carbocycles. The Kier molecular flexibility index (Phi) is 6.54. The van der Waals surface area contributed by atoms with E-state index in [2.05, 4.69) is 27.8 Å². The highest BCUT2D eigenvalue weighted by Gasteiger charge is 2.15. The smallest absolute Gasteiger partial charge is 0.191 e. The molecule has 0 amide bonds. The first-order chi connectivity index (χ1) is 10.3. The van der Waals surface area contributed by atoms with Crippen molar-refractivity contribution >= 4 is 40.9 Å². The Labute approximate surface area is 148 Å². The lowest BCUT2D eigenvalue weighted by molar-refractivity contribution is 0.542. The first-order valence-corrected chi connectivity index (χ1v) is 7.80. The van der Waals surface area contributed by atoms with Crippen LogP contribution >= 0.6 is 24.0 Å². The molecule has 1 aromatic carbocycles. The summed E-state index contributed by atoms with van der Waals surface area (Å²) in [5, 5.41) is 8.02. The minimum absolute atomic E-state index is 0. The van der Waals surface area contributed by atoms with Crippen molar-refractivity contribution in [1.82, 2.24) is 10.6 Å². The van der Waals surface area contributed by atoms with Crippen LogP contribution in [-0.2, 0) is 6.42 Å². The Balaban J connectivity index is 0.00000176. The van der Waals surface area contributed by atoms with Gasteiger partial charge in [0.2, 0.25) is 0 Å². The van der Waals surface area contributed by atoms with Gasteiger partial charge >= 0.3 is 0 Å². The molecule has 0 bridgehead atoms. The third-order valence-electron chi connectivity index (χ3n) is 4.06. The molecule has 0 spiro atoms. The number of hydrogen-bond acceptors (Lipinski definition) is 2. The molecule has 1 aromatic heterocycles. The van der Waals surface area contributed by atoms with Crippen molar-refractivity contribution in [2.45, 2.75) is 38.1 Å². The van der Waals surface area contributed by atoms with Crippen LogP contribution in [0.3, 0.4) is 0 Å². The van der Waals surface area contributed by atoms with E-state index < -0.39 is 0 Å². The monoisotopic (exact) mass is 413 g/mol. The summed E-state index contributed by atoms with van der Waals surface area (Å²) in [6, 6.07) is 10.8. The van der Waals surface area contributed by atoms with Gasteiger partial charge in [-0.2, -0.15) is 0 Å². The number of para-hydroxylation sites is 1. The van der Waals surface area contributed by atoms with Crippen molar-refractivity contribution in [2.75, 3.05) is 13.6 Å². The van der Waals surface area contributed by atoms with Crippen molar-refractivity contribution in [2.24, 2.45) is 4.99 Å². The Bertz CT molecular complexity index is 584. The van der Waals surface area contributed by atoms with E-state index in [9.17, 15) is 0 Å². The SMILES string of the molecule is CN=C(NCCc1cc2ccccc2o1)NC1CCCC1.I. The third-order valence-corrected chi connectivity index (χ3v) is 4.06. The number of furan rings is 1. The van der Waals surface area contributed by atoms with Crippen LogP contribution in [0.4, 0.5) is 0 Å². The van der Waals surface area contributed by atoms with Gasteiger partial charge in [-0.05, 0) is 25.0 Å². The predicted molar refractivity (Wildman–Crippen MR) is 102 cm³/mol. The lowest BCUT2D eigenvalue weighted by Crippen LogP contribution is -2.42. The minimum Gasteiger partial charge on any atom is -0.461 e. The fourth-order valence-corrected chi connectivity index (χ4v) is 2.92. The normalized spacial score (nSPS) is 15.8. The molecular weight excluding hydrogens is 389 g/mol. The summed E-state index contributed by atoms with van der Waals surface area (Å²) in [5.41, 5.74) is 0.959. The van der Waals surface area contributed by atoms with Crippen LogP contribution in [0.1, 0.15) is 31.4 Å². The third kappa shape index (κ3) is 4.38. The second-order valence-corrected chi connectivity index (χ2v) is 5.63. The number of aliphatic imine (C=N–C) groups is 1. The van der Waals surface area contributed by atoms with E-state index in [4.69, 9.17) is 4.42 Å². The zero-order chi connectivity index (χ0) is 14.5. The maximum absolute atomic E-state index is 5.82. The quantitative estimate of drug-likeness (QED) is 0.457. The van der Waals surface area contributed by atoms with E-state index in [1.54, 1.807) is 0 Å². The second-order valence-electron chi connectivity index (χ2n) is 5.63. The molecule has 0 aliphatic heterocycles. The molecule has 1 aliphatic rings. The number of rotatable bonds is 4. The summed E-state index contributed by atoms with van der Waals surface area (Å²) in [6.07, 6.45) is 6.02. The van der Waals surface area contributed by atoms with Gasteiger partial charge in [0.1, 0.15) is 11.3 Å². The van der Waals surface area contributed by atoms with Gasteiger partial charge in [-0.15, -0.1) is 24.0 Å². The minimum atomic E-state index is 0. The highest BCUT2D eigenvalue weighted by atomic mass is 127. The molecular formula is C17H24IN3O. The first-order valence-electron chi connectivity index (χ1n) is 7.80. The van der Waals surface area contributed by atoms with Crippen molar-refractivity contribution in [3.05, 3.63) is 36.1 Å². The van der Waals surface area contributed by atoms with E-state index >= 15 is 0 Å². The summed E-state index contributed by atoms with van der Waals surface area (Å²) < 4.78 is 5.82. The molecule has 1 heterocycles. The summed E-state index contributed by atoms with van der Waals surface area (Å²) in [4.78, 5) is 4.29. The van der Waals surface area contributed by atoms with E-state index in [0.717, 1.165) is 30.3 Å². The van der Waals surface area contributed by atoms with Crippen molar-refractivity contribution < 1.29 is 4.42 Å². The van der Waals surface area contributed by atoms with Crippen molar-refractivity contribution in [1.29, 1.82) is 0 Å². The van der Waals surface area contributed by atoms with Gasteiger partial charge in [-0.1, -0.05) is 31.0 Å². The highest BCUT2D eigenvalue weighted by Crippen LogP contribution is 2.19. The number of hydrogen-bond donors (Lipinski definition) is 2. The van der Waals surface area contributed by atoms with Crippen LogP contribution in [0, 0.1) is 0 Å². The molecule has 0 saturated heterocycles. The maximum atomic E-state index is 5.82. The first kappa shape index (κ1) is 17.1. The van der Waals surface area contributed by atoms with Crippen molar-refractivity contribution in [3.63, 3.8) is 0 Å². The molecule has 4 nitrogen and oxygen atoms in total. The number of nitrogens with one attached hydrogen (secondary N) is 2. The number of nitrogens with zero attached hydrogens (tertiary/aromatic N) is 1. The van der Waals surface area contributed by atoms with E-state index in [1.165, 1.54) is 31.1 Å². The van der Waals surface area contributed by atoms with Crippen LogP contribution in [-0.4, -0.2) is 25.6 Å². The van der Waals surface area contributed by atoms with Gasteiger partial charge in [-0.3, -0.25) is 4.99 Å². The lowest BCUT2D eigenvalue weighted by atomic mass is 10.2. The Hall–Kier alpha value is -1.24. The molecule has 0 unspecified atom stereocenters. The number of benzene rings is 1. The van der Waals surface area contributed by atoms with Gasteiger partial charge in [-0.25, -0.2) is 0 Å². The summed E-state index contributed by atoms with van der Waals surface area (Å²) >= 11 is 0. The van der Waals surface area contributed by atoms with Gasteiger partial charge in [0.05, 0.1) is 0 Å². The second kappa shape index (κ2) is 8.41. The summed E-state index contributed by atoms with van der Waals surface area (Å²) in [6.45, 7) is 0.826. The molecule has 22 heavy (non-hydrogen) atoms. The fourth-order valence-electron chi connectivity index (χ4n) is 2.92. The molecule has 2 aromatic rings. The molecule has 0 radical (unpaired) electrons. The van der Waals surface area contributed by atoms with Crippen LogP contribution in [0.15, 0.2) is 39.7 Å². The molecule has 120 valence electrons. The zero-order valence-electron chi connectivity index (χ0n) is 13.0. The van der Waals surface area contributed by atoms with Crippen LogP contribution in [0.25, 0.3) is 11.0 Å². The predicted octanol–water partition coefficient (Wildman–Crippen LogP) is 3.70. The molecule has 1 aliphatic carbocycles. The van der Waals surface area contributed by atoms with E-state index in [0.29, 0.717) is 6.04 Å². The maximum Gasteiger partial charge on any atom is 0.191 e. The van der Waals surface area contributed by atoms with Crippen LogP contribution < -0.4 is 10.6 Å². The molecule has 1 fully saturated rings. The van der Waals surface area contributed by atoms with Crippen molar-refractivity contribution in [3.8, 4) is 0 Å². The van der Waals surface area contributed by atoms with Gasteiger partial charge in [0.15, 0.2) is 5.96 Å². The molecule has 2 N–H and O–H groups in total. The molecule has 5 heteroatoms. The average molecular weight is 413 g/mol. The molecule has 0 atom stereocenters. The van der Waals surface area contributed by atoms with E-state index in [-0.39, 0.29) is 24.0 Å². The summed E-state index contributed by atoms with van der Waals surface area (Å²) in [7, 11) is 1.82. The Morgan fingerprint density at radius 3 is 2.77 bits per heavy atom. The summed E-state index contributed by atoms with van der Waals surface area (Å²) in [5.74, 6) is 1.91. The highest BCUT2D eigenvalue weighted by molar-refractivity contribution is 14.0. The fraction of sp³-hybridized carbons (Fsp3) is 0.471. The van der Waals surface area contributed by atoms with Gasteiger partial charge in [0.25, 0.3) is 0 Å². The largest absolute Gasteiger partial charge is 0.461 e. The Morgan fingerprint density at radius 2 is 2.05 bits per heavy atom. The number of fused-ring (bicyclic) bond motifs is 1. The molecule has 3 rings (SSSR count). The zero-order valence-corrected chi connectivity index (χ0v) is 15.3. The topological polar surface area (TPSA) is 49.6 Å². The van der Waals surface area contributed by atoms with Crippen LogP contribution in [0.2, 0.25) is 0 Å². The number of guanidine groups is 1. The van der Waals surface area contributed by atoms with Gasteiger partial charge in [0, 0.05) is 31.4 Å². The van der Waals surface area contributed by atoms with E-state index in [1.807, 2.05) is 25.2 Å².